The zero-order chi connectivity index (χ0) is 13.9. The molecule has 1 saturated carbocycles. The molecule has 0 radical (unpaired) electrons. The number of nitrogens with zero attached hydrogens (tertiary/aromatic N) is 1. The van der Waals surface area contributed by atoms with E-state index in [4.69, 9.17) is 11.6 Å². The van der Waals surface area contributed by atoms with Crippen molar-refractivity contribution in [3.8, 4) is 0 Å². The van der Waals surface area contributed by atoms with Crippen molar-refractivity contribution < 1.29 is 0 Å². The molecular weight excluding hydrogens is 268 g/mol. The summed E-state index contributed by atoms with van der Waals surface area (Å²) in [6.45, 7) is 3.05. The van der Waals surface area contributed by atoms with Crippen LogP contribution < -0.4 is 5.32 Å². The smallest absolute Gasteiger partial charge is 0.0406 e. The second kappa shape index (κ2) is 5.94. The second-order valence-electron chi connectivity index (χ2n) is 5.60. The summed E-state index contributed by atoms with van der Waals surface area (Å²) in [5.74, 6) is 0.680. The summed E-state index contributed by atoms with van der Waals surface area (Å²) in [5.41, 5.74) is 4.01. The monoisotopic (exact) mass is 286 g/mol. The zero-order valence-corrected chi connectivity index (χ0v) is 12.4. The Bertz CT molecular complexity index is 574. The first-order valence-electron chi connectivity index (χ1n) is 7.10. The molecule has 0 unspecified atom stereocenters. The van der Waals surface area contributed by atoms with Gasteiger partial charge in [0.15, 0.2) is 0 Å². The Hall–Kier alpha value is -1.38. The van der Waals surface area contributed by atoms with Crippen molar-refractivity contribution in [2.24, 2.45) is 0 Å². The minimum atomic E-state index is 0.621. The molecule has 0 spiro atoms. The van der Waals surface area contributed by atoms with Gasteiger partial charge in [-0.1, -0.05) is 23.7 Å². The van der Waals surface area contributed by atoms with Gasteiger partial charge in [0, 0.05) is 30.0 Å². The van der Waals surface area contributed by atoms with E-state index in [0.717, 1.165) is 11.6 Å². The fourth-order valence-corrected chi connectivity index (χ4v) is 2.85. The average molecular weight is 287 g/mol. The van der Waals surface area contributed by atoms with Crippen LogP contribution in [0.25, 0.3) is 0 Å². The summed E-state index contributed by atoms with van der Waals surface area (Å²) in [5, 5.41) is 4.44. The summed E-state index contributed by atoms with van der Waals surface area (Å²) < 4.78 is 0. The number of benzene rings is 1. The molecule has 1 fully saturated rings. The number of nitrogens with one attached hydrogen (secondary N) is 1. The van der Waals surface area contributed by atoms with Gasteiger partial charge in [-0.15, -0.1) is 0 Å². The van der Waals surface area contributed by atoms with E-state index in [-0.39, 0.29) is 0 Å². The number of aromatic nitrogens is 1. The summed E-state index contributed by atoms with van der Waals surface area (Å²) in [6, 6.07) is 10.9. The highest BCUT2D eigenvalue weighted by Gasteiger charge is 2.29. The van der Waals surface area contributed by atoms with Crippen molar-refractivity contribution in [1.29, 1.82) is 0 Å². The molecule has 0 aliphatic heterocycles. The molecule has 1 N–H and O–H groups in total. The number of halogens is 1. The van der Waals surface area contributed by atoms with Crippen LogP contribution in [0, 0.1) is 6.92 Å². The maximum absolute atomic E-state index is 5.92. The number of aryl methyl sites for hydroxylation is 1. The fourth-order valence-electron chi connectivity index (χ4n) is 2.73. The van der Waals surface area contributed by atoms with E-state index in [2.05, 4.69) is 35.4 Å². The lowest BCUT2D eigenvalue weighted by molar-refractivity contribution is 0.289. The number of rotatable bonds is 4. The molecule has 20 heavy (non-hydrogen) atoms. The summed E-state index contributed by atoms with van der Waals surface area (Å²) in [4.78, 5) is 4.19. The van der Waals surface area contributed by atoms with Crippen molar-refractivity contribution in [3.63, 3.8) is 0 Å². The quantitative estimate of drug-likeness (QED) is 0.916. The molecule has 0 atom stereocenters. The third kappa shape index (κ3) is 3.02. The van der Waals surface area contributed by atoms with Crippen molar-refractivity contribution in [2.45, 2.75) is 38.3 Å². The second-order valence-corrected chi connectivity index (χ2v) is 6.04. The van der Waals surface area contributed by atoms with Gasteiger partial charge in [-0.05, 0) is 60.6 Å². The van der Waals surface area contributed by atoms with Crippen LogP contribution in [0.15, 0.2) is 42.7 Å². The predicted octanol–water partition coefficient (Wildman–Crippen LogP) is 4.08. The Labute approximate surface area is 125 Å². The van der Waals surface area contributed by atoms with Crippen molar-refractivity contribution in [2.75, 3.05) is 0 Å². The summed E-state index contributed by atoms with van der Waals surface area (Å²) in [7, 11) is 0. The van der Waals surface area contributed by atoms with Gasteiger partial charge in [-0.25, -0.2) is 0 Å². The topological polar surface area (TPSA) is 24.9 Å². The summed E-state index contributed by atoms with van der Waals surface area (Å²) >= 11 is 5.92. The van der Waals surface area contributed by atoms with Crippen molar-refractivity contribution in [3.05, 3.63) is 64.4 Å². The first-order valence-corrected chi connectivity index (χ1v) is 7.48. The largest absolute Gasteiger partial charge is 0.310 e. The lowest BCUT2D eigenvalue weighted by atomic mass is 9.76. The van der Waals surface area contributed by atoms with Crippen LogP contribution in [0.3, 0.4) is 0 Å². The molecule has 1 aromatic carbocycles. The minimum absolute atomic E-state index is 0.621. The van der Waals surface area contributed by atoms with Crippen LogP contribution in [-0.4, -0.2) is 11.0 Å². The molecule has 3 heteroatoms. The third-order valence-corrected chi connectivity index (χ3v) is 4.46. The van der Waals surface area contributed by atoms with E-state index in [9.17, 15) is 0 Å². The Morgan fingerprint density at radius 3 is 2.65 bits per heavy atom. The minimum Gasteiger partial charge on any atom is -0.310 e. The predicted molar refractivity (Wildman–Crippen MR) is 83.0 cm³/mol. The Morgan fingerprint density at radius 1 is 1.20 bits per heavy atom. The first kappa shape index (κ1) is 13.6. The number of hydrogen-bond donors (Lipinski definition) is 1. The van der Waals surface area contributed by atoms with E-state index < -0.39 is 0 Å². The molecule has 1 aliphatic rings. The van der Waals surface area contributed by atoms with Gasteiger partial charge in [0.2, 0.25) is 0 Å². The highest BCUT2D eigenvalue weighted by atomic mass is 35.5. The summed E-state index contributed by atoms with van der Waals surface area (Å²) in [6.07, 6.45) is 6.22. The van der Waals surface area contributed by atoms with Crippen molar-refractivity contribution in [1.82, 2.24) is 10.3 Å². The SMILES string of the molecule is Cc1ccncc1CNC1CC(c2ccc(Cl)cc2)C1. The van der Waals surface area contributed by atoms with E-state index in [0.29, 0.717) is 12.0 Å². The molecule has 1 heterocycles. The fraction of sp³-hybridized carbons (Fsp3) is 0.353. The van der Waals surface area contributed by atoms with E-state index in [1.165, 1.54) is 29.5 Å². The van der Waals surface area contributed by atoms with Crippen LogP contribution in [0.4, 0.5) is 0 Å². The van der Waals surface area contributed by atoms with Crippen LogP contribution >= 0.6 is 11.6 Å². The maximum atomic E-state index is 5.92. The molecule has 2 aromatic rings. The average Bonchev–Trinajstić information content (AvgIpc) is 2.41. The lowest BCUT2D eigenvalue weighted by Crippen LogP contribution is -2.39. The van der Waals surface area contributed by atoms with Gasteiger partial charge in [0.05, 0.1) is 0 Å². The van der Waals surface area contributed by atoms with Gasteiger partial charge >= 0.3 is 0 Å². The van der Waals surface area contributed by atoms with Gasteiger partial charge in [-0.2, -0.15) is 0 Å². The van der Waals surface area contributed by atoms with Crippen LogP contribution in [0.1, 0.15) is 35.4 Å². The molecule has 2 nitrogen and oxygen atoms in total. The Balaban J connectivity index is 1.49. The standard InChI is InChI=1S/C17H19ClN2/c1-12-6-7-19-10-15(12)11-20-17-8-14(9-17)13-2-4-16(18)5-3-13/h2-7,10,14,17,20H,8-9,11H2,1H3. The first-order chi connectivity index (χ1) is 9.72. The number of hydrogen-bond acceptors (Lipinski definition) is 2. The highest BCUT2D eigenvalue weighted by Crippen LogP contribution is 2.37. The molecule has 0 bridgehead atoms. The molecule has 104 valence electrons. The zero-order valence-electron chi connectivity index (χ0n) is 11.6. The molecule has 0 saturated heterocycles. The van der Waals surface area contributed by atoms with Gasteiger partial charge in [-0.3, -0.25) is 4.98 Å². The van der Waals surface area contributed by atoms with Gasteiger partial charge in [0.25, 0.3) is 0 Å². The third-order valence-electron chi connectivity index (χ3n) is 4.21. The van der Waals surface area contributed by atoms with Crippen LogP contribution in [0.5, 0.6) is 0 Å². The normalized spacial score (nSPS) is 21.5. The Kier molecular flexibility index (Phi) is 4.04. The molecule has 1 aliphatic carbocycles. The lowest BCUT2D eigenvalue weighted by Gasteiger charge is -2.36. The molecule has 1 aromatic heterocycles. The van der Waals surface area contributed by atoms with Gasteiger partial charge in [0.1, 0.15) is 0 Å². The highest BCUT2D eigenvalue weighted by molar-refractivity contribution is 6.30. The van der Waals surface area contributed by atoms with E-state index in [1.807, 2.05) is 24.5 Å². The number of pyridine rings is 1. The van der Waals surface area contributed by atoms with Crippen LogP contribution in [0.2, 0.25) is 5.02 Å². The van der Waals surface area contributed by atoms with E-state index in [1.54, 1.807) is 0 Å². The van der Waals surface area contributed by atoms with Crippen LogP contribution in [-0.2, 0) is 6.54 Å². The van der Waals surface area contributed by atoms with Gasteiger partial charge < -0.3 is 5.32 Å². The Morgan fingerprint density at radius 2 is 1.95 bits per heavy atom. The maximum Gasteiger partial charge on any atom is 0.0406 e. The van der Waals surface area contributed by atoms with Crippen molar-refractivity contribution >= 4 is 11.6 Å². The molecular formula is C17H19ClN2. The van der Waals surface area contributed by atoms with E-state index >= 15 is 0 Å². The molecule has 3 rings (SSSR count). The molecule has 0 amide bonds.